The van der Waals surface area contributed by atoms with Crippen LogP contribution in [0.2, 0.25) is 0 Å². The van der Waals surface area contributed by atoms with Gasteiger partial charge in [0.1, 0.15) is 6.04 Å². The first kappa shape index (κ1) is 17.9. The highest BCUT2D eigenvalue weighted by Gasteiger charge is 2.23. The molecule has 1 amide bonds. The van der Waals surface area contributed by atoms with Crippen molar-refractivity contribution in [3.8, 4) is 0 Å². The zero-order valence-corrected chi connectivity index (χ0v) is 13.9. The summed E-state index contributed by atoms with van der Waals surface area (Å²) in [6.45, 7) is 7.50. The molecule has 6 nitrogen and oxygen atoms in total. The van der Waals surface area contributed by atoms with Crippen LogP contribution in [0, 0.1) is 19.8 Å². The number of hydrogen-bond acceptors (Lipinski definition) is 3. The van der Waals surface area contributed by atoms with E-state index in [2.05, 4.69) is 10.4 Å². The van der Waals surface area contributed by atoms with E-state index in [1.807, 2.05) is 27.8 Å². The largest absolute Gasteiger partial charge is 0.480 e. The van der Waals surface area contributed by atoms with Gasteiger partial charge in [-0.3, -0.25) is 9.48 Å². The van der Waals surface area contributed by atoms with E-state index in [1.165, 1.54) is 0 Å². The Morgan fingerprint density at radius 2 is 2.05 bits per heavy atom. The molecule has 0 fully saturated rings. The molecule has 0 aliphatic carbocycles. The summed E-state index contributed by atoms with van der Waals surface area (Å²) in [6.07, 6.45) is 4.34. The molecule has 2 unspecified atom stereocenters. The van der Waals surface area contributed by atoms with Crippen LogP contribution in [0.3, 0.4) is 0 Å². The van der Waals surface area contributed by atoms with E-state index in [4.69, 9.17) is 5.11 Å². The van der Waals surface area contributed by atoms with Crippen LogP contribution in [-0.2, 0) is 23.1 Å². The molecule has 1 heterocycles. The molecule has 122 valence electrons. The Kier molecular flexibility index (Phi) is 6.34. The number of nitrogens with zero attached hydrogens (tertiary/aromatic N) is 2. The van der Waals surface area contributed by atoms with E-state index in [9.17, 15) is 9.59 Å². The highest BCUT2D eigenvalue weighted by atomic mass is 16.4. The summed E-state index contributed by atoms with van der Waals surface area (Å²) in [5.41, 5.74) is 2.98. The van der Waals surface area contributed by atoms with E-state index in [1.54, 1.807) is 23.8 Å². The molecule has 0 radical (unpaired) electrons. The highest BCUT2D eigenvalue weighted by molar-refractivity contribution is 5.85. The number of carbonyl (C=O) groups is 2. The van der Waals surface area contributed by atoms with Gasteiger partial charge in [-0.1, -0.05) is 19.1 Å². The first-order valence-electron chi connectivity index (χ1n) is 7.41. The SMILES string of the molecule is C/C=C/CC(NC(=O)C(C)Cc1c(C)nn(C)c1C)C(=O)O. The number of allylic oxidation sites excluding steroid dienone is 1. The van der Waals surface area contributed by atoms with E-state index in [0.717, 1.165) is 17.0 Å². The van der Waals surface area contributed by atoms with Gasteiger partial charge in [0.25, 0.3) is 0 Å². The molecule has 22 heavy (non-hydrogen) atoms. The van der Waals surface area contributed by atoms with Crippen molar-refractivity contribution in [2.24, 2.45) is 13.0 Å². The Morgan fingerprint density at radius 3 is 2.50 bits per heavy atom. The van der Waals surface area contributed by atoms with Gasteiger partial charge in [0.15, 0.2) is 0 Å². The van der Waals surface area contributed by atoms with Crippen LogP contribution in [-0.4, -0.2) is 32.8 Å². The van der Waals surface area contributed by atoms with Crippen molar-refractivity contribution in [1.29, 1.82) is 0 Å². The van der Waals surface area contributed by atoms with Crippen LogP contribution >= 0.6 is 0 Å². The number of carbonyl (C=O) groups excluding carboxylic acids is 1. The van der Waals surface area contributed by atoms with Crippen molar-refractivity contribution < 1.29 is 14.7 Å². The molecule has 0 aliphatic rings. The number of amides is 1. The standard InChI is InChI=1S/C16H25N3O3/c1-6-7-8-14(16(21)22)17-15(20)10(2)9-13-11(3)18-19(5)12(13)4/h6-7,10,14H,8-9H2,1-5H3,(H,17,20)(H,21,22)/b7-6+. The highest BCUT2D eigenvalue weighted by Crippen LogP contribution is 2.17. The van der Waals surface area contributed by atoms with Crippen LogP contribution < -0.4 is 5.32 Å². The molecule has 0 aliphatic heterocycles. The van der Waals surface area contributed by atoms with Gasteiger partial charge in [-0.2, -0.15) is 5.10 Å². The molecule has 1 rings (SSSR count). The Balaban J connectivity index is 2.73. The lowest BCUT2D eigenvalue weighted by Crippen LogP contribution is -2.43. The maximum atomic E-state index is 12.2. The third-order valence-electron chi connectivity index (χ3n) is 3.84. The quantitative estimate of drug-likeness (QED) is 0.752. The van der Waals surface area contributed by atoms with Gasteiger partial charge in [0.2, 0.25) is 5.91 Å². The van der Waals surface area contributed by atoms with Crippen molar-refractivity contribution in [2.75, 3.05) is 0 Å². The first-order chi connectivity index (χ1) is 10.3. The molecule has 0 saturated carbocycles. The molecule has 0 aromatic carbocycles. The average molecular weight is 307 g/mol. The summed E-state index contributed by atoms with van der Waals surface area (Å²) in [5.74, 6) is -1.58. The summed E-state index contributed by atoms with van der Waals surface area (Å²) in [6, 6.07) is -0.887. The van der Waals surface area contributed by atoms with E-state index < -0.39 is 12.0 Å². The third kappa shape index (κ3) is 4.44. The summed E-state index contributed by atoms with van der Waals surface area (Å²) >= 11 is 0. The second-order valence-electron chi connectivity index (χ2n) is 5.58. The molecular formula is C16H25N3O3. The average Bonchev–Trinajstić information content (AvgIpc) is 2.69. The lowest BCUT2D eigenvalue weighted by atomic mass is 9.98. The van der Waals surface area contributed by atoms with Crippen molar-refractivity contribution >= 4 is 11.9 Å². The number of aromatic nitrogens is 2. The third-order valence-corrected chi connectivity index (χ3v) is 3.84. The van der Waals surface area contributed by atoms with Crippen LogP contribution in [0.4, 0.5) is 0 Å². The predicted octanol–water partition coefficient (Wildman–Crippen LogP) is 1.75. The monoisotopic (exact) mass is 307 g/mol. The second-order valence-corrected chi connectivity index (χ2v) is 5.58. The van der Waals surface area contributed by atoms with Crippen molar-refractivity contribution in [3.05, 3.63) is 29.1 Å². The molecule has 0 bridgehead atoms. The van der Waals surface area contributed by atoms with E-state index >= 15 is 0 Å². The predicted molar refractivity (Wildman–Crippen MR) is 84.5 cm³/mol. The molecule has 6 heteroatoms. The summed E-state index contributed by atoms with van der Waals surface area (Å²) < 4.78 is 1.79. The van der Waals surface area contributed by atoms with Gasteiger partial charge in [-0.15, -0.1) is 0 Å². The number of hydrogen-bond donors (Lipinski definition) is 2. The van der Waals surface area contributed by atoms with E-state index in [0.29, 0.717) is 6.42 Å². The lowest BCUT2D eigenvalue weighted by molar-refractivity contribution is -0.142. The minimum absolute atomic E-state index is 0.250. The Bertz CT molecular complexity index is 575. The van der Waals surface area contributed by atoms with Gasteiger partial charge in [0, 0.05) is 18.7 Å². The Morgan fingerprint density at radius 1 is 1.41 bits per heavy atom. The fraction of sp³-hybridized carbons (Fsp3) is 0.562. The zero-order chi connectivity index (χ0) is 16.9. The lowest BCUT2D eigenvalue weighted by Gasteiger charge is -2.17. The number of carboxylic acid groups (broad SMARTS) is 1. The molecule has 0 spiro atoms. The minimum Gasteiger partial charge on any atom is -0.480 e. The van der Waals surface area contributed by atoms with Crippen molar-refractivity contribution in [1.82, 2.24) is 15.1 Å². The number of aliphatic carboxylic acids is 1. The van der Waals surface area contributed by atoms with Gasteiger partial charge >= 0.3 is 5.97 Å². The zero-order valence-electron chi connectivity index (χ0n) is 13.9. The van der Waals surface area contributed by atoms with Crippen molar-refractivity contribution in [2.45, 2.75) is 46.6 Å². The molecule has 2 atom stereocenters. The fourth-order valence-corrected chi connectivity index (χ4v) is 2.32. The maximum Gasteiger partial charge on any atom is 0.326 e. The van der Waals surface area contributed by atoms with Gasteiger partial charge in [-0.05, 0) is 39.2 Å². The van der Waals surface area contributed by atoms with Crippen molar-refractivity contribution in [3.63, 3.8) is 0 Å². The maximum absolute atomic E-state index is 12.2. The normalized spacial score (nSPS) is 14.0. The summed E-state index contributed by atoms with van der Waals surface area (Å²) in [5, 5.41) is 16.1. The van der Waals surface area contributed by atoms with Gasteiger partial charge in [-0.25, -0.2) is 4.79 Å². The van der Waals surface area contributed by atoms with E-state index in [-0.39, 0.29) is 18.2 Å². The fourth-order valence-electron chi connectivity index (χ4n) is 2.32. The minimum atomic E-state index is -1.02. The van der Waals surface area contributed by atoms with Gasteiger partial charge in [0.05, 0.1) is 5.69 Å². The Hall–Kier alpha value is -2.11. The first-order valence-corrected chi connectivity index (χ1v) is 7.41. The molecular weight excluding hydrogens is 282 g/mol. The van der Waals surface area contributed by atoms with Gasteiger partial charge < -0.3 is 10.4 Å². The smallest absolute Gasteiger partial charge is 0.326 e. The molecule has 0 saturated heterocycles. The topological polar surface area (TPSA) is 84.2 Å². The number of carboxylic acids is 1. The molecule has 2 N–H and O–H groups in total. The molecule has 1 aromatic rings. The summed E-state index contributed by atoms with van der Waals surface area (Å²) in [7, 11) is 1.87. The molecule has 1 aromatic heterocycles. The van der Waals surface area contributed by atoms with Crippen LogP contribution in [0.5, 0.6) is 0 Å². The van der Waals surface area contributed by atoms with Crippen LogP contribution in [0.1, 0.15) is 37.2 Å². The number of nitrogens with one attached hydrogen (secondary N) is 1. The summed E-state index contributed by atoms with van der Waals surface area (Å²) in [4.78, 5) is 23.4. The Labute approximate surface area is 131 Å². The second kappa shape index (κ2) is 7.77. The number of aryl methyl sites for hydroxylation is 2. The number of rotatable bonds is 7. The van der Waals surface area contributed by atoms with Crippen LogP contribution in [0.25, 0.3) is 0 Å². The van der Waals surface area contributed by atoms with Crippen LogP contribution in [0.15, 0.2) is 12.2 Å².